The summed E-state index contributed by atoms with van der Waals surface area (Å²) in [5.74, 6) is 0. The highest BCUT2D eigenvalue weighted by molar-refractivity contribution is 7.13. The lowest BCUT2D eigenvalue weighted by molar-refractivity contribution is -0.137. The molecule has 0 fully saturated rings. The third-order valence-corrected chi connectivity index (χ3v) is 3.73. The van der Waals surface area contributed by atoms with Gasteiger partial charge in [0, 0.05) is 10.9 Å². The molecule has 22 heavy (non-hydrogen) atoms. The molecule has 9 heteroatoms. The van der Waals surface area contributed by atoms with E-state index in [2.05, 4.69) is 20.4 Å². The summed E-state index contributed by atoms with van der Waals surface area (Å²) in [5.41, 5.74) is 0.370. The van der Waals surface area contributed by atoms with Crippen molar-refractivity contribution in [2.24, 2.45) is 0 Å². The number of nitrogens with one attached hydrogen (secondary N) is 1. The van der Waals surface area contributed by atoms with Crippen molar-refractivity contribution in [3.05, 3.63) is 40.9 Å². The summed E-state index contributed by atoms with van der Waals surface area (Å²) >= 11 is 1.17. The molecule has 2 heterocycles. The van der Waals surface area contributed by atoms with Crippen LogP contribution in [0.4, 0.5) is 13.2 Å². The molecule has 1 N–H and O–H groups in total. The number of halogens is 3. The molecule has 0 unspecified atom stereocenters. The Morgan fingerprint density at radius 2 is 2.05 bits per heavy atom. The first-order valence-electron chi connectivity index (χ1n) is 5.93. The Bertz CT molecular complexity index is 859. The molecular weight excluding hydrogens is 315 g/mol. The van der Waals surface area contributed by atoms with Crippen molar-refractivity contribution in [2.75, 3.05) is 0 Å². The fraction of sp³-hybridized carbons (Fsp3) is 0.0769. The van der Waals surface area contributed by atoms with Gasteiger partial charge >= 0.3 is 6.18 Å². The van der Waals surface area contributed by atoms with Gasteiger partial charge in [0.15, 0.2) is 5.69 Å². The van der Waals surface area contributed by atoms with E-state index in [0.717, 1.165) is 12.1 Å². The topological polar surface area (TPSA) is 78.2 Å². The standard InChI is InChI=1S/C13H6F3N5S/c14-13(15,16)8-3-1-2-7(4-8)12-18-10(6-22-12)11-9(5-17)19-21-20-11/h1-4,6H,(H,19,20,21). The molecule has 0 bridgehead atoms. The van der Waals surface area contributed by atoms with Gasteiger partial charge in [0.1, 0.15) is 22.5 Å². The second-order valence-corrected chi connectivity index (χ2v) is 5.11. The molecule has 0 aliphatic carbocycles. The molecule has 0 saturated carbocycles. The van der Waals surface area contributed by atoms with E-state index in [4.69, 9.17) is 5.26 Å². The van der Waals surface area contributed by atoms with Crippen LogP contribution in [0.25, 0.3) is 22.0 Å². The van der Waals surface area contributed by atoms with Crippen LogP contribution in [0.15, 0.2) is 29.6 Å². The molecule has 0 aliphatic rings. The normalized spacial score (nSPS) is 11.4. The lowest BCUT2D eigenvalue weighted by Gasteiger charge is -2.07. The van der Waals surface area contributed by atoms with E-state index in [1.165, 1.54) is 17.4 Å². The summed E-state index contributed by atoms with van der Waals surface area (Å²) < 4.78 is 38.2. The van der Waals surface area contributed by atoms with Crippen LogP contribution in [0.5, 0.6) is 0 Å². The highest BCUT2D eigenvalue weighted by atomic mass is 32.1. The Hall–Kier alpha value is -2.73. The summed E-state index contributed by atoms with van der Waals surface area (Å²) in [6.07, 6.45) is -4.41. The van der Waals surface area contributed by atoms with Crippen molar-refractivity contribution < 1.29 is 13.2 Å². The number of benzene rings is 1. The molecule has 5 nitrogen and oxygen atoms in total. The minimum atomic E-state index is -4.41. The average molecular weight is 321 g/mol. The third kappa shape index (κ3) is 2.56. The Morgan fingerprint density at radius 1 is 1.23 bits per heavy atom. The highest BCUT2D eigenvalue weighted by Gasteiger charge is 2.30. The molecular formula is C13H6F3N5S. The van der Waals surface area contributed by atoms with E-state index >= 15 is 0 Å². The van der Waals surface area contributed by atoms with Gasteiger partial charge in [-0.25, -0.2) is 4.98 Å². The Labute approximate surface area is 126 Å². The second kappa shape index (κ2) is 5.23. The first-order chi connectivity index (χ1) is 10.5. The van der Waals surface area contributed by atoms with Crippen molar-refractivity contribution >= 4 is 11.3 Å². The van der Waals surface area contributed by atoms with Crippen molar-refractivity contribution in [1.82, 2.24) is 20.4 Å². The lowest BCUT2D eigenvalue weighted by atomic mass is 10.1. The maximum Gasteiger partial charge on any atom is 0.416 e. The van der Waals surface area contributed by atoms with Crippen molar-refractivity contribution in [3.8, 4) is 28.0 Å². The molecule has 110 valence electrons. The minimum absolute atomic E-state index is 0.0842. The van der Waals surface area contributed by atoms with Gasteiger partial charge in [-0.1, -0.05) is 12.1 Å². The SMILES string of the molecule is N#Cc1n[nH]nc1-c1csc(-c2cccc(C(F)(F)F)c2)n1. The molecule has 3 aromatic rings. The van der Waals surface area contributed by atoms with E-state index < -0.39 is 11.7 Å². The zero-order valence-electron chi connectivity index (χ0n) is 10.7. The Morgan fingerprint density at radius 3 is 2.77 bits per heavy atom. The van der Waals surface area contributed by atoms with Crippen molar-refractivity contribution in [3.63, 3.8) is 0 Å². The molecule has 0 saturated heterocycles. The minimum Gasteiger partial charge on any atom is -0.234 e. The number of nitrogens with zero attached hydrogens (tertiary/aromatic N) is 4. The number of aromatic nitrogens is 4. The molecule has 0 atom stereocenters. The van der Waals surface area contributed by atoms with Gasteiger partial charge in [-0.3, -0.25) is 0 Å². The van der Waals surface area contributed by atoms with E-state index in [1.807, 2.05) is 6.07 Å². The molecule has 2 aromatic heterocycles. The molecule has 0 radical (unpaired) electrons. The van der Waals surface area contributed by atoms with Gasteiger partial charge in [-0.05, 0) is 12.1 Å². The van der Waals surface area contributed by atoms with Gasteiger partial charge in [-0.15, -0.1) is 16.4 Å². The van der Waals surface area contributed by atoms with Gasteiger partial charge in [0.25, 0.3) is 0 Å². The largest absolute Gasteiger partial charge is 0.416 e. The number of H-pyrrole nitrogens is 1. The summed E-state index contributed by atoms with van der Waals surface area (Å²) in [4.78, 5) is 4.23. The predicted molar refractivity (Wildman–Crippen MR) is 72.6 cm³/mol. The fourth-order valence-electron chi connectivity index (χ4n) is 1.83. The molecule has 1 aromatic carbocycles. The molecule has 0 aliphatic heterocycles. The Kier molecular flexibility index (Phi) is 3.38. The second-order valence-electron chi connectivity index (χ2n) is 4.25. The van der Waals surface area contributed by atoms with Gasteiger partial charge in [0.05, 0.1) is 5.56 Å². The fourth-order valence-corrected chi connectivity index (χ4v) is 2.63. The van der Waals surface area contributed by atoms with Crippen LogP contribution in [-0.2, 0) is 6.18 Å². The first kappa shape index (κ1) is 14.2. The van der Waals surface area contributed by atoms with Crippen LogP contribution in [0.1, 0.15) is 11.3 Å². The molecule has 0 amide bonds. The number of nitriles is 1. The summed E-state index contributed by atoms with van der Waals surface area (Å²) in [6.45, 7) is 0. The van der Waals surface area contributed by atoms with Crippen LogP contribution in [0.3, 0.4) is 0 Å². The zero-order valence-corrected chi connectivity index (χ0v) is 11.5. The highest BCUT2D eigenvalue weighted by Crippen LogP contribution is 2.34. The number of thiazole rings is 1. The van der Waals surface area contributed by atoms with Crippen LogP contribution in [0.2, 0.25) is 0 Å². The monoisotopic (exact) mass is 321 g/mol. The number of hydrogen-bond donors (Lipinski definition) is 1. The van der Waals surface area contributed by atoms with Crippen LogP contribution in [-0.4, -0.2) is 20.4 Å². The maximum atomic E-state index is 12.7. The predicted octanol–water partition coefficient (Wildman–Crippen LogP) is 3.49. The number of hydrogen-bond acceptors (Lipinski definition) is 5. The summed E-state index contributed by atoms with van der Waals surface area (Å²) in [5, 5.41) is 20.7. The first-order valence-corrected chi connectivity index (χ1v) is 6.81. The number of rotatable bonds is 2. The number of aromatic amines is 1. The Balaban J connectivity index is 2.00. The van der Waals surface area contributed by atoms with Gasteiger partial charge < -0.3 is 0 Å². The van der Waals surface area contributed by atoms with Gasteiger partial charge in [0.2, 0.25) is 0 Å². The summed E-state index contributed by atoms with van der Waals surface area (Å²) in [6, 6.07) is 6.78. The average Bonchev–Trinajstić information content (AvgIpc) is 3.15. The van der Waals surface area contributed by atoms with Crippen LogP contribution >= 0.6 is 11.3 Å². The van der Waals surface area contributed by atoms with E-state index in [-0.39, 0.29) is 11.4 Å². The number of alkyl halides is 3. The quantitative estimate of drug-likeness (QED) is 0.783. The van der Waals surface area contributed by atoms with Gasteiger partial charge in [-0.2, -0.15) is 28.7 Å². The van der Waals surface area contributed by atoms with Crippen molar-refractivity contribution in [2.45, 2.75) is 6.18 Å². The smallest absolute Gasteiger partial charge is 0.234 e. The lowest BCUT2D eigenvalue weighted by Crippen LogP contribution is -2.04. The zero-order chi connectivity index (χ0) is 15.7. The third-order valence-electron chi connectivity index (χ3n) is 2.84. The van der Waals surface area contributed by atoms with E-state index in [0.29, 0.717) is 16.3 Å². The van der Waals surface area contributed by atoms with E-state index in [1.54, 1.807) is 11.4 Å². The van der Waals surface area contributed by atoms with Crippen molar-refractivity contribution in [1.29, 1.82) is 5.26 Å². The molecule has 3 rings (SSSR count). The van der Waals surface area contributed by atoms with E-state index in [9.17, 15) is 13.2 Å². The van der Waals surface area contributed by atoms with Crippen LogP contribution < -0.4 is 0 Å². The summed E-state index contributed by atoms with van der Waals surface area (Å²) in [7, 11) is 0. The van der Waals surface area contributed by atoms with Crippen LogP contribution in [0, 0.1) is 11.3 Å². The maximum absolute atomic E-state index is 12.7. The molecule has 0 spiro atoms.